The molecule has 0 spiro atoms. The smallest absolute Gasteiger partial charge is 0.410 e. The molecule has 10 heteroatoms. The topological polar surface area (TPSA) is 100 Å². The Kier molecular flexibility index (Phi) is 9.31. The molecular weight excluding hydrogens is 520 g/mol. The Labute approximate surface area is 242 Å². The molecule has 1 atom stereocenters. The summed E-state index contributed by atoms with van der Waals surface area (Å²) in [7, 11) is 3.64. The SMILES string of the molecule is CCNc1ncc2c(n1)N(C)CCN(Cc1ccc(OC(CN(C)C(=O)OC(C)(C)C)c3ccccc3)cc1)C2=O. The lowest BCUT2D eigenvalue weighted by molar-refractivity contribution is 0.0226. The van der Waals surface area contributed by atoms with E-state index in [0.29, 0.717) is 55.8 Å². The van der Waals surface area contributed by atoms with Crippen molar-refractivity contribution in [2.24, 2.45) is 0 Å². The molecule has 41 heavy (non-hydrogen) atoms. The van der Waals surface area contributed by atoms with Gasteiger partial charge in [-0.05, 0) is 51.0 Å². The molecule has 0 saturated carbocycles. The summed E-state index contributed by atoms with van der Waals surface area (Å²) >= 11 is 0. The van der Waals surface area contributed by atoms with Crippen LogP contribution in [0.2, 0.25) is 0 Å². The Morgan fingerprint density at radius 1 is 1.10 bits per heavy atom. The summed E-state index contributed by atoms with van der Waals surface area (Å²) in [5.74, 6) is 1.72. The molecule has 1 aliphatic rings. The van der Waals surface area contributed by atoms with E-state index in [2.05, 4.69) is 15.3 Å². The highest BCUT2D eigenvalue weighted by Crippen LogP contribution is 2.26. The molecule has 0 radical (unpaired) electrons. The van der Waals surface area contributed by atoms with Crippen LogP contribution in [-0.2, 0) is 11.3 Å². The lowest BCUT2D eigenvalue weighted by atomic mass is 10.1. The number of likely N-dealkylation sites (N-methyl/N-ethyl adjacent to an activating group) is 2. The molecule has 0 fully saturated rings. The Morgan fingerprint density at radius 3 is 2.46 bits per heavy atom. The number of aromatic nitrogens is 2. The monoisotopic (exact) mass is 560 g/mol. The summed E-state index contributed by atoms with van der Waals surface area (Å²) in [4.78, 5) is 40.2. The van der Waals surface area contributed by atoms with Gasteiger partial charge in [0, 0.05) is 46.5 Å². The zero-order valence-electron chi connectivity index (χ0n) is 24.8. The van der Waals surface area contributed by atoms with Crippen LogP contribution in [0.1, 0.15) is 55.3 Å². The Morgan fingerprint density at radius 2 is 1.80 bits per heavy atom. The minimum Gasteiger partial charge on any atom is -0.484 e. The zero-order valence-corrected chi connectivity index (χ0v) is 24.8. The zero-order chi connectivity index (χ0) is 29.6. The third-order valence-corrected chi connectivity index (χ3v) is 6.58. The molecule has 1 N–H and O–H groups in total. The van der Waals surface area contributed by atoms with Crippen LogP contribution in [0, 0.1) is 0 Å². The summed E-state index contributed by atoms with van der Waals surface area (Å²) in [6, 6.07) is 17.5. The van der Waals surface area contributed by atoms with Gasteiger partial charge in [-0.3, -0.25) is 4.79 Å². The fraction of sp³-hybridized carbons (Fsp3) is 0.419. The van der Waals surface area contributed by atoms with Crippen LogP contribution in [0.15, 0.2) is 60.8 Å². The van der Waals surface area contributed by atoms with Gasteiger partial charge in [-0.25, -0.2) is 9.78 Å². The van der Waals surface area contributed by atoms with Crippen molar-refractivity contribution in [3.63, 3.8) is 0 Å². The van der Waals surface area contributed by atoms with Gasteiger partial charge in [0.05, 0.1) is 6.54 Å². The molecule has 1 unspecified atom stereocenters. The first kappa shape index (κ1) is 29.6. The van der Waals surface area contributed by atoms with E-state index < -0.39 is 17.8 Å². The van der Waals surface area contributed by atoms with Gasteiger partial charge < -0.3 is 29.5 Å². The third-order valence-electron chi connectivity index (χ3n) is 6.58. The van der Waals surface area contributed by atoms with Crippen molar-refractivity contribution in [2.75, 3.05) is 50.5 Å². The molecule has 218 valence electrons. The number of nitrogens with one attached hydrogen (secondary N) is 1. The van der Waals surface area contributed by atoms with Crippen molar-refractivity contribution >= 4 is 23.8 Å². The minimum absolute atomic E-state index is 0.0953. The summed E-state index contributed by atoms with van der Waals surface area (Å²) in [5, 5.41) is 3.11. The van der Waals surface area contributed by atoms with Crippen molar-refractivity contribution in [1.82, 2.24) is 19.8 Å². The van der Waals surface area contributed by atoms with Gasteiger partial charge >= 0.3 is 6.09 Å². The van der Waals surface area contributed by atoms with E-state index in [1.165, 1.54) is 4.90 Å². The van der Waals surface area contributed by atoms with Crippen molar-refractivity contribution in [3.05, 3.63) is 77.5 Å². The number of carbonyl (C=O) groups excluding carboxylic acids is 2. The molecule has 0 bridgehead atoms. The summed E-state index contributed by atoms with van der Waals surface area (Å²) < 4.78 is 11.9. The molecular formula is C31H40N6O4. The van der Waals surface area contributed by atoms with Gasteiger partial charge in [0.25, 0.3) is 5.91 Å². The normalized spacial score (nSPS) is 14.1. The summed E-state index contributed by atoms with van der Waals surface area (Å²) in [6.07, 6.45) is 0.799. The summed E-state index contributed by atoms with van der Waals surface area (Å²) in [5.41, 5.74) is 1.83. The predicted octanol–water partition coefficient (Wildman–Crippen LogP) is 4.99. The highest BCUT2D eigenvalue weighted by Gasteiger charge is 2.27. The second-order valence-electron chi connectivity index (χ2n) is 11.1. The van der Waals surface area contributed by atoms with Gasteiger partial charge in [0.15, 0.2) is 0 Å². The van der Waals surface area contributed by atoms with Crippen LogP contribution in [0.5, 0.6) is 5.75 Å². The van der Waals surface area contributed by atoms with Crippen molar-refractivity contribution in [2.45, 2.75) is 45.9 Å². The number of hydrogen-bond donors (Lipinski definition) is 1. The van der Waals surface area contributed by atoms with Gasteiger partial charge in [-0.2, -0.15) is 4.98 Å². The predicted molar refractivity (Wildman–Crippen MR) is 159 cm³/mol. The van der Waals surface area contributed by atoms with Crippen LogP contribution in [0.3, 0.4) is 0 Å². The number of fused-ring (bicyclic) bond motifs is 1. The number of amides is 2. The fourth-order valence-electron chi connectivity index (χ4n) is 4.46. The Balaban J connectivity index is 1.46. The standard InChI is InChI=1S/C31H40N6O4/c1-7-32-29-33-19-25-27(34-29)35(5)17-18-37(28(25)38)20-22-13-15-24(16-14-22)40-26(23-11-9-8-10-12-23)21-36(6)30(39)41-31(2,3)4/h8-16,19,26H,7,17-18,20-21H2,1-6H3,(H,32,33,34). The van der Waals surface area contributed by atoms with E-state index in [4.69, 9.17) is 9.47 Å². The maximum atomic E-state index is 13.4. The van der Waals surface area contributed by atoms with Gasteiger partial charge in [-0.15, -0.1) is 0 Å². The maximum absolute atomic E-state index is 13.4. The van der Waals surface area contributed by atoms with Crippen molar-refractivity contribution in [3.8, 4) is 5.75 Å². The number of nitrogens with zero attached hydrogens (tertiary/aromatic N) is 5. The quantitative estimate of drug-likeness (QED) is 0.391. The highest BCUT2D eigenvalue weighted by atomic mass is 16.6. The molecule has 3 aromatic rings. The molecule has 2 amide bonds. The molecule has 0 aliphatic carbocycles. The lowest BCUT2D eigenvalue weighted by Gasteiger charge is -2.28. The number of anilines is 2. The third kappa shape index (κ3) is 7.87. The molecule has 4 rings (SSSR count). The van der Waals surface area contributed by atoms with Crippen molar-refractivity contribution < 1.29 is 19.1 Å². The lowest BCUT2D eigenvalue weighted by Crippen LogP contribution is -2.37. The first-order chi connectivity index (χ1) is 19.5. The first-order valence-corrected chi connectivity index (χ1v) is 13.9. The Hall–Kier alpha value is -4.34. The first-order valence-electron chi connectivity index (χ1n) is 13.9. The molecule has 1 aliphatic heterocycles. The van der Waals surface area contributed by atoms with Crippen LogP contribution < -0.4 is 15.0 Å². The number of benzene rings is 2. The Bertz CT molecular complexity index is 1330. The van der Waals surface area contributed by atoms with E-state index in [1.54, 1.807) is 13.2 Å². The highest BCUT2D eigenvalue weighted by molar-refractivity contribution is 5.99. The van der Waals surface area contributed by atoms with Crippen LogP contribution in [0.25, 0.3) is 0 Å². The van der Waals surface area contributed by atoms with Crippen LogP contribution in [-0.4, -0.2) is 77.6 Å². The van der Waals surface area contributed by atoms with E-state index in [9.17, 15) is 9.59 Å². The molecule has 0 saturated heterocycles. The maximum Gasteiger partial charge on any atom is 0.410 e. The summed E-state index contributed by atoms with van der Waals surface area (Å²) in [6.45, 7) is 10.2. The second-order valence-corrected chi connectivity index (χ2v) is 11.1. The van der Waals surface area contributed by atoms with E-state index in [-0.39, 0.29) is 5.91 Å². The average Bonchev–Trinajstić information content (AvgIpc) is 3.05. The van der Waals surface area contributed by atoms with E-state index >= 15 is 0 Å². The van der Waals surface area contributed by atoms with Gasteiger partial charge in [0.1, 0.15) is 28.8 Å². The fourth-order valence-corrected chi connectivity index (χ4v) is 4.46. The number of rotatable bonds is 9. The van der Waals surface area contributed by atoms with Crippen molar-refractivity contribution in [1.29, 1.82) is 0 Å². The van der Waals surface area contributed by atoms with Crippen LogP contribution >= 0.6 is 0 Å². The molecule has 10 nitrogen and oxygen atoms in total. The minimum atomic E-state index is -0.585. The average molecular weight is 561 g/mol. The number of carbonyl (C=O) groups is 2. The van der Waals surface area contributed by atoms with Gasteiger partial charge in [-0.1, -0.05) is 42.5 Å². The molecule has 2 aromatic carbocycles. The van der Waals surface area contributed by atoms with Crippen LogP contribution in [0.4, 0.5) is 16.6 Å². The largest absolute Gasteiger partial charge is 0.484 e. The number of ether oxygens (including phenoxy) is 2. The van der Waals surface area contributed by atoms with E-state index in [0.717, 1.165) is 11.1 Å². The molecule has 1 aromatic heterocycles. The second kappa shape index (κ2) is 12.9. The number of hydrogen-bond acceptors (Lipinski definition) is 8. The molecule has 2 heterocycles. The van der Waals surface area contributed by atoms with Gasteiger partial charge in [0.2, 0.25) is 5.95 Å². The van der Waals surface area contributed by atoms with E-state index in [1.807, 2.05) is 99.1 Å².